The molecule has 0 saturated carbocycles. The summed E-state index contributed by atoms with van der Waals surface area (Å²) in [5.41, 5.74) is 3.53. The van der Waals surface area contributed by atoms with Gasteiger partial charge in [-0.3, -0.25) is 4.79 Å². The maximum absolute atomic E-state index is 13.6. The van der Waals surface area contributed by atoms with Gasteiger partial charge in [0.05, 0.1) is 18.7 Å². The monoisotopic (exact) mass is 605 g/mol. The lowest BCUT2D eigenvalue weighted by Gasteiger charge is -2.28. The lowest BCUT2D eigenvalue weighted by atomic mass is 9.98. The number of hydrogen-bond donors (Lipinski definition) is 3. The van der Waals surface area contributed by atoms with E-state index in [1.165, 1.54) is 11.3 Å². The van der Waals surface area contributed by atoms with E-state index >= 15 is 0 Å². The third kappa shape index (κ3) is 7.21. The smallest absolute Gasteiger partial charge is 0.250 e. The topological polar surface area (TPSA) is 96.5 Å². The van der Waals surface area contributed by atoms with E-state index in [4.69, 9.17) is 4.74 Å². The van der Waals surface area contributed by atoms with Crippen molar-refractivity contribution in [2.24, 2.45) is 5.92 Å². The van der Waals surface area contributed by atoms with Gasteiger partial charge >= 0.3 is 0 Å². The third-order valence-corrected chi connectivity index (χ3v) is 11.0. The Morgan fingerprint density at radius 3 is 2.57 bits per heavy atom. The van der Waals surface area contributed by atoms with Crippen molar-refractivity contribution in [1.82, 2.24) is 15.4 Å². The first-order valence-corrected chi connectivity index (χ1v) is 16.8. The summed E-state index contributed by atoms with van der Waals surface area (Å²) in [6.07, 6.45) is 1.74. The number of hydrogen-bond acceptors (Lipinski definition) is 6. The van der Waals surface area contributed by atoms with E-state index < -0.39 is 16.1 Å². The van der Waals surface area contributed by atoms with Crippen molar-refractivity contribution in [2.75, 3.05) is 13.2 Å². The molecule has 3 N–H and O–H groups in total. The molecule has 0 fully saturated rings. The number of benzene rings is 3. The Balaban J connectivity index is 1.30. The fraction of sp³-hybridized carbons (Fsp3) is 0.364. The van der Waals surface area contributed by atoms with Gasteiger partial charge in [0.1, 0.15) is 9.96 Å². The van der Waals surface area contributed by atoms with Gasteiger partial charge in [-0.15, -0.1) is 11.3 Å². The van der Waals surface area contributed by atoms with E-state index in [0.717, 1.165) is 52.0 Å². The van der Waals surface area contributed by atoms with Gasteiger partial charge in [-0.1, -0.05) is 74.5 Å². The van der Waals surface area contributed by atoms with E-state index in [1.54, 1.807) is 0 Å². The number of ether oxygens (including phenoxy) is 1. The zero-order valence-electron chi connectivity index (χ0n) is 24.4. The second-order valence-corrected chi connectivity index (χ2v) is 14.2. The van der Waals surface area contributed by atoms with Crippen molar-refractivity contribution in [3.05, 3.63) is 95.1 Å². The third-order valence-electron chi connectivity index (χ3n) is 7.61. The number of thiophene rings is 1. The predicted octanol–water partition coefficient (Wildman–Crippen LogP) is 6.40. The van der Waals surface area contributed by atoms with Gasteiger partial charge in [-0.05, 0) is 60.0 Å². The zero-order chi connectivity index (χ0) is 29.7. The molecular weight excluding hydrogens is 567 g/mol. The fourth-order valence-electron chi connectivity index (χ4n) is 5.32. The number of carbonyl (C=O) groups is 1. The molecule has 222 valence electrons. The first kappa shape index (κ1) is 30.2. The molecule has 5 rings (SSSR count). The molecule has 2 heterocycles. The molecule has 0 saturated heterocycles. The van der Waals surface area contributed by atoms with Crippen LogP contribution in [0.25, 0.3) is 10.1 Å². The summed E-state index contributed by atoms with van der Waals surface area (Å²) < 4.78 is 37.3. The normalized spacial score (nSPS) is 15.8. The van der Waals surface area contributed by atoms with E-state index in [9.17, 15) is 13.2 Å². The lowest BCUT2D eigenvalue weighted by molar-refractivity contribution is -0.122. The highest BCUT2D eigenvalue weighted by atomic mass is 32.2. The van der Waals surface area contributed by atoms with Crippen molar-refractivity contribution < 1.29 is 17.9 Å². The Kier molecular flexibility index (Phi) is 9.63. The number of carbonyl (C=O) groups excluding carboxylic acids is 1. The average molecular weight is 606 g/mol. The van der Waals surface area contributed by atoms with Gasteiger partial charge < -0.3 is 15.4 Å². The predicted molar refractivity (Wildman–Crippen MR) is 169 cm³/mol. The number of rotatable bonds is 12. The molecule has 2 atom stereocenters. The number of sulfonamides is 1. The molecule has 9 heteroatoms. The molecule has 0 spiro atoms. The summed E-state index contributed by atoms with van der Waals surface area (Å²) in [5.74, 6) is 1.22. The summed E-state index contributed by atoms with van der Waals surface area (Å²) in [4.78, 5) is 13.4. The van der Waals surface area contributed by atoms with Gasteiger partial charge in [-0.2, -0.15) is 0 Å². The molecule has 1 aliphatic heterocycles. The quantitative estimate of drug-likeness (QED) is 0.163. The largest absolute Gasteiger partial charge is 0.493 e. The van der Waals surface area contributed by atoms with Crippen LogP contribution < -0.4 is 20.1 Å². The van der Waals surface area contributed by atoms with Crippen LogP contribution in [0.3, 0.4) is 0 Å². The SMILES string of the molecule is Cc1c(S(=O)(=O)NC(CC(=O)NC2CCOc3cc(CNCCC(C)C)ccc32)c2ccccc2)sc2ccccc12. The molecule has 2 unspecified atom stereocenters. The van der Waals surface area contributed by atoms with Gasteiger partial charge in [0.25, 0.3) is 10.0 Å². The van der Waals surface area contributed by atoms with Crippen LogP contribution in [-0.2, 0) is 21.4 Å². The fourth-order valence-corrected chi connectivity index (χ4v) is 8.32. The van der Waals surface area contributed by atoms with Crippen LogP contribution in [0.2, 0.25) is 0 Å². The van der Waals surface area contributed by atoms with Crippen LogP contribution in [0.1, 0.15) is 67.4 Å². The van der Waals surface area contributed by atoms with E-state index in [2.05, 4.69) is 35.3 Å². The van der Waals surface area contributed by atoms with Crippen LogP contribution in [0, 0.1) is 12.8 Å². The molecule has 4 aromatic rings. The van der Waals surface area contributed by atoms with Crippen molar-refractivity contribution in [3.8, 4) is 5.75 Å². The van der Waals surface area contributed by atoms with Crippen molar-refractivity contribution >= 4 is 37.4 Å². The highest BCUT2D eigenvalue weighted by Crippen LogP contribution is 2.36. The Morgan fingerprint density at radius 2 is 1.81 bits per heavy atom. The number of nitrogens with one attached hydrogen (secondary N) is 3. The molecule has 0 bridgehead atoms. The summed E-state index contributed by atoms with van der Waals surface area (Å²) in [6.45, 7) is 8.48. The van der Waals surface area contributed by atoms with Crippen LogP contribution in [-0.4, -0.2) is 27.5 Å². The Labute approximate surface area is 252 Å². The molecule has 0 radical (unpaired) electrons. The second kappa shape index (κ2) is 13.4. The van der Waals surface area contributed by atoms with Gasteiger partial charge in [0.2, 0.25) is 5.91 Å². The van der Waals surface area contributed by atoms with Crippen LogP contribution in [0.15, 0.2) is 77.0 Å². The molecule has 0 aliphatic carbocycles. The number of amides is 1. The van der Waals surface area contributed by atoms with Crippen molar-refractivity contribution in [2.45, 2.75) is 62.9 Å². The minimum Gasteiger partial charge on any atom is -0.493 e. The summed E-state index contributed by atoms with van der Waals surface area (Å²) in [7, 11) is -3.88. The lowest BCUT2D eigenvalue weighted by Crippen LogP contribution is -2.36. The maximum Gasteiger partial charge on any atom is 0.250 e. The molecular formula is C33H39N3O4S2. The zero-order valence-corrected chi connectivity index (χ0v) is 26.0. The standard InChI is InChI=1S/C33H39N3O4S2/c1-22(2)15-17-34-21-24-13-14-27-28(16-18-40-30(27)19-24)35-32(37)20-29(25-9-5-4-6-10-25)36-42(38,39)33-23(3)26-11-7-8-12-31(26)41-33/h4-14,19,22,28-29,34,36H,15-18,20-21H2,1-3H3,(H,35,37). The molecule has 1 amide bonds. The Hall–Kier alpha value is -3.24. The molecule has 1 aromatic heterocycles. The van der Waals surface area contributed by atoms with Gasteiger partial charge in [0, 0.05) is 29.6 Å². The van der Waals surface area contributed by atoms with Gasteiger partial charge in [0.15, 0.2) is 0 Å². The molecule has 7 nitrogen and oxygen atoms in total. The second-order valence-electron chi connectivity index (χ2n) is 11.3. The van der Waals surface area contributed by atoms with Crippen molar-refractivity contribution in [1.29, 1.82) is 0 Å². The van der Waals surface area contributed by atoms with Crippen LogP contribution in [0.5, 0.6) is 5.75 Å². The minimum atomic E-state index is -3.88. The number of aryl methyl sites for hydroxylation is 1. The van der Waals surface area contributed by atoms with Crippen LogP contribution in [0.4, 0.5) is 0 Å². The highest BCUT2D eigenvalue weighted by Gasteiger charge is 2.29. The summed E-state index contributed by atoms with van der Waals surface area (Å²) >= 11 is 1.25. The van der Waals surface area contributed by atoms with E-state index in [-0.39, 0.29) is 22.6 Å². The van der Waals surface area contributed by atoms with Crippen LogP contribution >= 0.6 is 11.3 Å². The summed E-state index contributed by atoms with van der Waals surface area (Å²) in [6, 6.07) is 22.1. The Morgan fingerprint density at radius 1 is 1.05 bits per heavy atom. The molecule has 42 heavy (non-hydrogen) atoms. The molecule has 3 aromatic carbocycles. The van der Waals surface area contributed by atoms with E-state index in [0.29, 0.717) is 24.5 Å². The minimum absolute atomic E-state index is 0.0300. The molecule has 1 aliphatic rings. The van der Waals surface area contributed by atoms with Gasteiger partial charge in [-0.25, -0.2) is 13.1 Å². The van der Waals surface area contributed by atoms with E-state index in [1.807, 2.05) is 73.7 Å². The van der Waals surface area contributed by atoms with Crippen molar-refractivity contribution in [3.63, 3.8) is 0 Å². The first-order chi connectivity index (χ1) is 20.2. The summed E-state index contributed by atoms with van der Waals surface area (Å²) in [5, 5.41) is 7.55. The first-order valence-electron chi connectivity index (χ1n) is 14.5. The maximum atomic E-state index is 13.6. The Bertz CT molecular complexity index is 1630. The highest BCUT2D eigenvalue weighted by molar-refractivity contribution is 7.91. The average Bonchev–Trinajstić information content (AvgIpc) is 3.32. The number of fused-ring (bicyclic) bond motifs is 2.